The van der Waals surface area contributed by atoms with Crippen molar-refractivity contribution < 1.29 is 229 Å². The molecule has 1 saturated carbocycles. The van der Waals surface area contributed by atoms with Crippen molar-refractivity contribution in [3.63, 3.8) is 0 Å². The zero-order valence-corrected chi connectivity index (χ0v) is 46.5. The summed E-state index contributed by atoms with van der Waals surface area (Å²) in [4.78, 5) is 59.7. The topological polar surface area (TPSA) is 106 Å². The van der Waals surface area contributed by atoms with E-state index in [1.807, 2.05) is 30.8 Å². The molecule has 0 spiro atoms. The van der Waals surface area contributed by atoms with Crippen LogP contribution in [0.15, 0.2) is 78.9 Å². The number of hydrogen-bond donors (Lipinski definition) is 0. The number of aryl methyl sites for hydroxylation is 1. The second-order valence-electron chi connectivity index (χ2n) is 9.59. The van der Waals surface area contributed by atoms with Crippen LogP contribution in [0.1, 0.15) is 68.7 Å². The average Bonchev–Trinajstić information content (AvgIpc) is 3.61. The third kappa shape index (κ3) is 46.2. The van der Waals surface area contributed by atoms with Crippen LogP contribution < -0.4 is 0 Å². The van der Waals surface area contributed by atoms with Crippen molar-refractivity contribution in [2.24, 2.45) is 11.8 Å². The Kier molecular flexibility index (Phi) is 71.3. The second-order valence-corrected chi connectivity index (χ2v) is 9.59. The van der Waals surface area contributed by atoms with Gasteiger partial charge >= 0.3 is 0 Å². The van der Waals surface area contributed by atoms with Gasteiger partial charge < -0.3 is 33.7 Å². The Labute approximate surface area is 449 Å². The third-order valence-corrected chi connectivity index (χ3v) is 5.27. The molecule has 1 aliphatic carbocycles. The van der Waals surface area contributed by atoms with E-state index in [0.29, 0.717) is 22.6 Å². The molecule has 0 unspecified atom stereocenters. The smallest absolute Gasteiger partial charge is 0.0987 e. The second kappa shape index (κ2) is 51.0. The van der Waals surface area contributed by atoms with E-state index in [9.17, 15) is 33.2 Å². The van der Waals surface area contributed by atoms with Gasteiger partial charge in [-0.1, -0.05) is 70.2 Å². The van der Waals surface area contributed by atoms with Crippen molar-refractivity contribution in [2.75, 3.05) is 14.1 Å². The molecule has 3 aromatic carbocycles. The quantitative estimate of drug-likeness (QED) is 0.220. The number of hydrogen-bond acceptors (Lipinski definition) is 6. The molecule has 7 nitrogen and oxygen atoms in total. The number of halogens is 1. The molecular formula is C36H40FNO6Y6-6. The SMILES string of the molecule is CC(C)[C-]=O.CCc1ccc([C-]=O)cc1.CN(C)[C-]=O.O=[C-]C1CCCC1.O=[C-]c1ccc(F)cc1.O=[C-]c1ccccc1.[Y].[Y].[Y].[Y].[Y].[Y]. The molecule has 1 aliphatic rings. The first-order valence-electron chi connectivity index (χ1n) is 13.9. The van der Waals surface area contributed by atoms with Crippen molar-refractivity contribution in [1.82, 2.24) is 4.90 Å². The Balaban J connectivity index is -0.0000000700. The predicted molar refractivity (Wildman–Crippen MR) is 171 cm³/mol. The summed E-state index contributed by atoms with van der Waals surface area (Å²) in [6.07, 6.45) is 16.3. The molecule has 0 atom stereocenters. The van der Waals surface area contributed by atoms with Crippen LogP contribution in [-0.4, -0.2) is 56.8 Å². The minimum Gasteiger partial charge on any atom is -0.542 e. The fourth-order valence-electron chi connectivity index (χ4n) is 2.88. The first-order chi connectivity index (χ1) is 21.1. The summed E-state index contributed by atoms with van der Waals surface area (Å²) in [5, 5.41) is 0. The molecule has 256 valence electrons. The zero-order chi connectivity index (χ0) is 33.6. The summed E-state index contributed by atoms with van der Waals surface area (Å²) in [6.45, 7) is 5.68. The summed E-state index contributed by atoms with van der Waals surface area (Å²) >= 11 is 0. The monoisotopic (exact) mass is 1130 g/mol. The molecule has 0 heterocycles. The summed E-state index contributed by atoms with van der Waals surface area (Å²) < 4.78 is 12.1. The fourth-order valence-corrected chi connectivity index (χ4v) is 2.88. The van der Waals surface area contributed by atoms with Crippen LogP contribution in [-0.2, 0) is 231 Å². The van der Waals surface area contributed by atoms with E-state index < -0.39 is 0 Å². The van der Waals surface area contributed by atoms with Crippen LogP contribution in [0.5, 0.6) is 0 Å². The fraction of sp³-hybridized carbons (Fsp3) is 0.333. The summed E-state index contributed by atoms with van der Waals surface area (Å²) in [5.74, 6) is 0.0315. The minimum atomic E-state index is -0.339. The summed E-state index contributed by atoms with van der Waals surface area (Å²) in [6, 6.07) is 21.6. The van der Waals surface area contributed by atoms with E-state index in [4.69, 9.17) is 0 Å². The van der Waals surface area contributed by atoms with E-state index in [1.54, 1.807) is 89.6 Å². The molecule has 1 amide bonds. The van der Waals surface area contributed by atoms with Crippen molar-refractivity contribution in [1.29, 1.82) is 0 Å². The summed E-state index contributed by atoms with van der Waals surface area (Å²) in [7, 11) is 3.26. The molecule has 3 aromatic rings. The molecule has 1 fully saturated rings. The standard InChI is InChI=1S/C9H9O.C7H4FO.C7H5O.C6H9O.C4H7O.C3H6NO.6Y/c1-2-8-3-5-9(7-10)6-4-8;8-7-3-1-6(5-9)2-4-7;8-6-7-4-2-1-3-5-7;7-5-6-3-1-2-4-6;2*1-4(2)3-5;;;;;;/h3-6H,2H2,1H3;1-4H;1-5H;6H,1-4H2;4H,1-2H3;1-2H3;;;;;;/q6*-1;;;;;;. The van der Waals surface area contributed by atoms with E-state index in [0.717, 1.165) is 19.3 Å². The predicted octanol–water partition coefficient (Wildman–Crippen LogP) is 5.77. The van der Waals surface area contributed by atoms with Crippen LogP contribution in [0.4, 0.5) is 4.39 Å². The molecule has 0 bridgehead atoms. The Morgan fingerprint density at radius 3 is 1.22 bits per heavy atom. The molecule has 0 saturated heterocycles. The van der Waals surface area contributed by atoms with Gasteiger partial charge in [0.15, 0.2) is 0 Å². The Morgan fingerprint density at radius 1 is 0.640 bits per heavy atom. The van der Waals surface area contributed by atoms with Gasteiger partial charge in [-0.05, 0) is 20.5 Å². The maximum Gasteiger partial charge on any atom is 0.0987 e. The molecule has 0 aliphatic heterocycles. The van der Waals surface area contributed by atoms with Crippen molar-refractivity contribution in [2.45, 2.75) is 52.9 Å². The van der Waals surface area contributed by atoms with Gasteiger partial charge in [0, 0.05) is 196 Å². The van der Waals surface area contributed by atoms with Crippen molar-refractivity contribution in [3.05, 3.63) is 107 Å². The first kappa shape index (κ1) is 69.9. The number of amides is 1. The van der Waals surface area contributed by atoms with Gasteiger partial charge in [0.25, 0.3) is 0 Å². The molecule has 14 heteroatoms. The van der Waals surface area contributed by atoms with Crippen LogP contribution in [0.2, 0.25) is 0 Å². The largest absolute Gasteiger partial charge is 0.542 e. The molecule has 50 heavy (non-hydrogen) atoms. The van der Waals surface area contributed by atoms with Crippen LogP contribution >= 0.6 is 0 Å². The van der Waals surface area contributed by atoms with E-state index in [2.05, 4.69) is 6.92 Å². The summed E-state index contributed by atoms with van der Waals surface area (Å²) in [5.41, 5.74) is 2.85. The first-order valence-corrected chi connectivity index (χ1v) is 13.9. The molecule has 0 aromatic heterocycles. The maximum atomic E-state index is 12.1. The Morgan fingerprint density at radius 2 is 0.980 bits per heavy atom. The van der Waals surface area contributed by atoms with Gasteiger partial charge in [0.2, 0.25) is 0 Å². The number of carbonyl (C=O) groups excluding carboxylic acids is 6. The minimum absolute atomic E-state index is 0. The normalized spacial score (nSPS) is 9.58. The number of nitrogens with zero attached hydrogens (tertiary/aromatic N) is 1. The van der Waals surface area contributed by atoms with E-state index in [-0.39, 0.29) is 208 Å². The molecule has 4 rings (SSSR count). The molecule has 6 radical (unpaired) electrons. The van der Waals surface area contributed by atoms with Gasteiger partial charge in [-0.3, -0.25) is 12.6 Å². The molecular weight excluding hydrogens is 1090 g/mol. The number of rotatable bonds is 7. The third-order valence-electron chi connectivity index (χ3n) is 5.27. The van der Waals surface area contributed by atoms with Crippen LogP contribution in [0, 0.1) is 17.7 Å². The zero-order valence-electron chi connectivity index (χ0n) is 29.4. The Hall–Kier alpha value is 2.03. The number of benzene rings is 3. The van der Waals surface area contributed by atoms with E-state index >= 15 is 0 Å². The van der Waals surface area contributed by atoms with Crippen molar-refractivity contribution >= 4 is 37.8 Å². The van der Waals surface area contributed by atoms with Gasteiger partial charge in [0.05, 0.1) is 24.7 Å². The van der Waals surface area contributed by atoms with Crippen LogP contribution in [0.25, 0.3) is 0 Å². The van der Waals surface area contributed by atoms with E-state index in [1.165, 1.54) is 47.6 Å². The Bertz CT molecular complexity index is 1170. The van der Waals surface area contributed by atoms with Crippen molar-refractivity contribution in [3.8, 4) is 0 Å². The van der Waals surface area contributed by atoms with Gasteiger partial charge in [-0.15, -0.1) is 36.1 Å². The average molecular weight is 1140 g/mol. The molecule has 0 N–H and O–H groups in total. The van der Waals surface area contributed by atoms with Crippen LogP contribution in [0.3, 0.4) is 0 Å². The van der Waals surface area contributed by atoms with Gasteiger partial charge in [-0.2, -0.15) is 59.5 Å². The van der Waals surface area contributed by atoms with Gasteiger partial charge in [0.1, 0.15) is 0 Å². The van der Waals surface area contributed by atoms with Gasteiger partial charge in [-0.25, -0.2) is 4.39 Å². The maximum absolute atomic E-state index is 12.1.